The van der Waals surface area contributed by atoms with Crippen molar-refractivity contribution in [3.05, 3.63) is 58.7 Å². The number of hydrogen-bond donors (Lipinski definition) is 1. The van der Waals surface area contributed by atoms with E-state index in [1.165, 1.54) is 16.4 Å². The Morgan fingerprint density at radius 2 is 1.59 bits per heavy atom. The first-order valence-corrected chi connectivity index (χ1v) is 10.6. The van der Waals surface area contributed by atoms with Gasteiger partial charge in [0.1, 0.15) is 0 Å². The molecule has 0 aliphatic carbocycles. The molecule has 0 aliphatic rings. The van der Waals surface area contributed by atoms with Crippen molar-refractivity contribution in [1.29, 1.82) is 0 Å². The molecule has 0 spiro atoms. The predicted molar refractivity (Wildman–Crippen MR) is 110 cm³/mol. The summed E-state index contributed by atoms with van der Waals surface area (Å²) in [6.07, 6.45) is 1.74. The van der Waals surface area contributed by atoms with E-state index in [4.69, 9.17) is 0 Å². The van der Waals surface area contributed by atoms with Gasteiger partial charge >= 0.3 is 0 Å². The van der Waals surface area contributed by atoms with E-state index in [0.717, 1.165) is 35.2 Å². The van der Waals surface area contributed by atoms with Gasteiger partial charge in [0, 0.05) is 24.8 Å². The van der Waals surface area contributed by atoms with E-state index in [1.54, 1.807) is 19.2 Å². The highest BCUT2D eigenvalue weighted by molar-refractivity contribution is 7.89. The van der Waals surface area contributed by atoms with Gasteiger partial charge in [0.15, 0.2) is 0 Å². The lowest BCUT2D eigenvalue weighted by Crippen LogP contribution is -2.28. The second kappa shape index (κ2) is 8.67. The van der Waals surface area contributed by atoms with Crippen molar-refractivity contribution in [2.45, 2.75) is 45.4 Å². The van der Waals surface area contributed by atoms with Crippen LogP contribution in [0.15, 0.2) is 41.3 Å². The average molecular weight is 389 g/mol. The van der Waals surface area contributed by atoms with E-state index in [1.807, 2.05) is 39.8 Å². The second-order valence-electron chi connectivity index (χ2n) is 6.93. The molecule has 2 aromatic carbocycles. The lowest BCUT2D eigenvalue weighted by atomic mass is 10.0. The molecule has 6 heteroatoms. The molecule has 0 radical (unpaired) electrons. The number of hydrogen-bond acceptors (Lipinski definition) is 3. The molecule has 0 bridgehead atoms. The molecule has 5 nitrogen and oxygen atoms in total. The van der Waals surface area contributed by atoms with Crippen LogP contribution in [-0.2, 0) is 10.0 Å². The van der Waals surface area contributed by atoms with Crippen LogP contribution in [0.25, 0.3) is 0 Å². The van der Waals surface area contributed by atoms with Gasteiger partial charge in [-0.2, -0.15) is 0 Å². The molecule has 146 valence electrons. The lowest BCUT2D eigenvalue weighted by molar-refractivity contribution is 0.102. The maximum atomic E-state index is 12.6. The number of aryl methyl sites for hydroxylation is 3. The van der Waals surface area contributed by atoms with E-state index in [-0.39, 0.29) is 10.8 Å². The second-order valence-corrected chi connectivity index (χ2v) is 8.98. The predicted octanol–water partition coefficient (Wildman–Crippen LogP) is 4.28. The van der Waals surface area contributed by atoms with Crippen LogP contribution in [0.3, 0.4) is 0 Å². The number of unbranched alkanes of at least 4 members (excludes halogenated alkanes) is 1. The van der Waals surface area contributed by atoms with E-state index in [0.29, 0.717) is 12.1 Å². The highest BCUT2D eigenvalue weighted by Crippen LogP contribution is 2.23. The third-order valence-electron chi connectivity index (χ3n) is 4.57. The van der Waals surface area contributed by atoms with E-state index in [9.17, 15) is 13.2 Å². The number of nitrogens with zero attached hydrogens (tertiary/aromatic N) is 1. The van der Waals surface area contributed by atoms with Crippen LogP contribution in [0.2, 0.25) is 0 Å². The Morgan fingerprint density at radius 3 is 2.11 bits per heavy atom. The molecule has 0 fully saturated rings. The van der Waals surface area contributed by atoms with Gasteiger partial charge < -0.3 is 5.32 Å². The minimum absolute atomic E-state index is 0.195. The van der Waals surface area contributed by atoms with E-state index in [2.05, 4.69) is 5.32 Å². The Kier molecular flexibility index (Phi) is 6.78. The fourth-order valence-electron chi connectivity index (χ4n) is 3.02. The summed E-state index contributed by atoms with van der Waals surface area (Å²) in [7, 11) is -1.95. The number of anilines is 1. The van der Waals surface area contributed by atoms with Crippen LogP contribution in [0, 0.1) is 20.8 Å². The number of sulfonamides is 1. The number of rotatable bonds is 7. The average Bonchev–Trinajstić information content (AvgIpc) is 2.62. The van der Waals surface area contributed by atoms with Crippen molar-refractivity contribution in [2.75, 3.05) is 18.9 Å². The Labute approximate surface area is 162 Å². The highest BCUT2D eigenvalue weighted by atomic mass is 32.2. The van der Waals surface area contributed by atoms with Crippen molar-refractivity contribution in [1.82, 2.24) is 4.31 Å². The van der Waals surface area contributed by atoms with E-state index >= 15 is 0 Å². The van der Waals surface area contributed by atoms with Crippen LogP contribution in [0.4, 0.5) is 5.69 Å². The van der Waals surface area contributed by atoms with Gasteiger partial charge in [-0.1, -0.05) is 31.0 Å². The molecule has 2 rings (SSSR count). The number of carbonyl (C=O) groups excluding carboxylic acids is 1. The van der Waals surface area contributed by atoms with Gasteiger partial charge in [-0.15, -0.1) is 0 Å². The van der Waals surface area contributed by atoms with Crippen LogP contribution in [-0.4, -0.2) is 32.2 Å². The van der Waals surface area contributed by atoms with Crippen LogP contribution in [0.1, 0.15) is 46.8 Å². The van der Waals surface area contributed by atoms with Crippen molar-refractivity contribution in [3.63, 3.8) is 0 Å². The van der Waals surface area contributed by atoms with Gasteiger partial charge in [-0.3, -0.25) is 4.79 Å². The molecule has 1 N–H and O–H groups in total. The van der Waals surface area contributed by atoms with Crippen LogP contribution >= 0.6 is 0 Å². The number of carbonyl (C=O) groups is 1. The molecule has 0 atom stereocenters. The molecular formula is C21H28N2O3S. The monoisotopic (exact) mass is 388 g/mol. The lowest BCUT2D eigenvalue weighted by Gasteiger charge is -2.17. The fourth-order valence-corrected chi connectivity index (χ4v) is 4.23. The van der Waals surface area contributed by atoms with Crippen molar-refractivity contribution < 1.29 is 13.2 Å². The molecule has 0 saturated heterocycles. The fraction of sp³-hybridized carbons (Fsp3) is 0.381. The van der Waals surface area contributed by atoms with Crippen molar-refractivity contribution in [3.8, 4) is 0 Å². The molecule has 0 aromatic heterocycles. The number of nitrogens with one attached hydrogen (secondary N) is 1. The zero-order valence-electron chi connectivity index (χ0n) is 16.7. The third kappa shape index (κ3) is 4.96. The maximum Gasteiger partial charge on any atom is 0.255 e. The molecular weight excluding hydrogens is 360 g/mol. The molecule has 0 aliphatic heterocycles. The Morgan fingerprint density at radius 1 is 1.04 bits per heavy atom. The maximum absolute atomic E-state index is 12.6. The Bertz CT molecular complexity index is 896. The van der Waals surface area contributed by atoms with Crippen molar-refractivity contribution >= 4 is 21.6 Å². The first kappa shape index (κ1) is 21.1. The topological polar surface area (TPSA) is 66.5 Å². The zero-order chi connectivity index (χ0) is 20.2. The Hall–Kier alpha value is -2.18. The minimum Gasteiger partial charge on any atom is -0.322 e. The van der Waals surface area contributed by atoms with Gasteiger partial charge in [-0.25, -0.2) is 12.7 Å². The first-order chi connectivity index (χ1) is 12.7. The molecule has 27 heavy (non-hydrogen) atoms. The zero-order valence-corrected chi connectivity index (χ0v) is 17.5. The number of benzene rings is 2. The summed E-state index contributed by atoms with van der Waals surface area (Å²) in [4.78, 5) is 12.8. The minimum atomic E-state index is -3.53. The summed E-state index contributed by atoms with van der Waals surface area (Å²) in [6.45, 7) is 8.43. The molecule has 0 heterocycles. The van der Waals surface area contributed by atoms with Gasteiger partial charge in [0.2, 0.25) is 10.0 Å². The third-order valence-corrected chi connectivity index (χ3v) is 6.44. The molecule has 0 unspecified atom stereocenters. The standard InChI is InChI=1S/C21H28N2O3S/c1-6-7-12-23(5)27(25,26)19-10-8-18(9-11-19)21(24)22-20-16(3)13-15(2)14-17(20)4/h8-11,13-14H,6-7,12H2,1-5H3,(H,22,24). The summed E-state index contributed by atoms with van der Waals surface area (Å²) in [5, 5.41) is 2.93. The highest BCUT2D eigenvalue weighted by Gasteiger charge is 2.20. The summed E-state index contributed by atoms with van der Waals surface area (Å²) < 4.78 is 26.5. The van der Waals surface area contributed by atoms with Gasteiger partial charge in [-0.05, 0) is 62.6 Å². The summed E-state index contributed by atoms with van der Waals surface area (Å²) >= 11 is 0. The van der Waals surface area contributed by atoms with E-state index < -0.39 is 10.0 Å². The quantitative estimate of drug-likeness (QED) is 0.770. The van der Waals surface area contributed by atoms with Crippen LogP contribution < -0.4 is 5.32 Å². The SMILES string of the molecule is CCCCN(C)S(=O)(=O)c1ccc(C(=O)Nc2c(C)cc(C)cc2C)cc1. The molecule has 1 amide bonds. The molecule has 0 saturated carbocycles. The largest absolute Gasteiger partial charge is 0.322 e. The first-order valence-electron chi connectivity index (χ1n) is 9.12. The summed E-state index contributed by atoms with van der Waals surface area (Å²) in [6, 6.07) is 10.1. The van der Waals surface area contributed by atoms with Gasteiger partial charge in [0.05, 0.1) is 4.90 Å². The van der Waals surface area contributed by atoms with Gasteiger partial charge in [0.25, 0.3) is 5.91 Å². The smallest absolute Gasteiger partial charge is 0.255 e. The van der Waals surface area contributed by atoms with Crippen LogP contribution in [0.5, 0.6) is 0 Å². The Balaban J connectivity index is 2.19. The normalized spacial score (nSPS) is 11.6. The summed E-state index contributed by atoms with van der Waals surface area (Å²) in [5.74, 6) is -0.256. The molecule has 2 aromatic rings. The van der Waals surface area contributed by atoms with Crippen molar-refractivity contribution in [2.24, 2.45) is 0 Å². The summed E-state index contributed by atoms with van der Waals surface area (Å²) in [5.41, 5.74) is 4.35. The number of amides is 1.